The van der Waals surface area contributed by atoms with Crippen LogP contribution >= 0.6 is 0 Å². The Balaban J connectivity index is 1.37. The number of para-hydroxylation sites is 1. The molecule has 1 saturated heterocycles. The van der Waals surface area contributed by atoms with Gasteiger partial charge in [0, 0.05) is 37.1 Å². The first-order chi connectivity index (χ1) is 15.8. The molecule has 4 rings (SSSR count). The normalized spacial score (nSPS) is 15.1. The summed E-state index contributed by atoms with van der Waals surface area (Å²) in [7, 11) is 0. The van der Waals surface area contributed by atoms with Crippen LogP contribution in [0.1, 0.15) is 48.8 Å². The van der Waals surface area contributed by atoms with Crippen molar-refractivity contribution in [3.05, 3.63) is 65.4 Å². The molecule has 0 saturated carbocycles. The fraction of sp³-hybridized carbons (Fsp3) is 0.346. The van der Waals surface area contributed by atoms with Gasteiger partial charge >= 0.3 is 6.09 Å². The topological polar surface area (TPSA) is 78.5 Å². The molecule has 33 heavy (non-hydrogen) atoms. The highest BCUT2D eigenvalue weighted by atomic mass is 16.6. The number of carbonyl (C=O) groups is 2. The van der Waals surface area contributed by atoms with E-state index in [1.165, 1.54) is 0 Å². The Bertz CT molecular complexity index is 1160. The van der Waals surface area contributed by atoms with Gasteiger partial charge in [-0.3, -0.25) is 9.89 Å². The molecule has 7 heteroatoms. The van der Waals surface area contributed by atoms with Gasteiger partial charge < -0.3 is 14.5 Å². The SMILES string of the molecule is CC(C)(C)OC(=O)N1CCCN(C(=O)c2ccc(C=Cc3n[nH]c4ccccc34)cc2)CC1. The highest BCUT2D eigenvalue weighted by molar-refractivity contribution is 5.95. The lowest BCUT2D eigenvalue weighted by Gasteiger charge is -2.26. The van der Waals surface area contributed by atoms with Gasteiger partial charge in [0.1, 0.15) is 5.60 Å². The quantitative estimate of drug-likeness (QED) is 0.626. The summed E-state index contributed by atoms with van der Waals surface area (Å²) in [5, 5.41) is 8.45. The van der Waals surface area contributed by atoms with Crippen LogP contribution in [0, 0.1) is 0 Å². The number of rotatable bonds is 3. The van der Waals surface area contributed by atoms with Crippen LogP contribution in [0.15, 0.2) is 48.5 Å². The van der Waals surface area contributed by atoms with Crippen molar-refractivity contribution in [1.82, 2.24) is 20.0 Å². The summed E-state index contributed by atoms with van der Waals surface area (Å²) in [5.41, 5.74) is 2.98. The minimum atomic E-state index is -0.528. The number of hydrogen-bond acceptors (Lipinski definition) is 4. The maximum absolute atomic E-state index is 13.0. The van der Waals surface area contributed by atoms with E-state index >= 15 is 0 Å². The van der Waals surface area contributed by atoms with E-state index < -0.39 is 5.60 Å². The first kappa shape index (κ1) is 22.6. The monoisotopic (exact) mass is 446 g/mol. The van der Waals surface area contributed by atoms with Crippen molar-refractivity contribution in [3.8, 4) is 0 Å². The van der Waals surface area contributed by atoms with Crippen LogP contribution in [0.4, 0.5) is 4.79 Å². The Hall–Kier alpha value is -3.61. The lowest BCUT2D eigenvalue weighted by atomic mass is 10.1. The predicted octanol–water partition coefficient (Wildman–Crippen LogP) is 4.82. The Labute approximate surface area is 194 Å². The van der Waals surface area contributed by atoms with E-state index in [0.717, 1.165) is 28.6 Å². The molecular weight excluding hydrogens is 416 g/mol. The van der Waals surface area contributed by atoms with Gasteiger partial charge in [0.2, 0.25) is 0 Å². The number of amides is 2. The zero-order valence-electron chi connectivity index (χ0n) is 19.4. The molecule has 172 valence electrons. The maximum Gasteiger partial charge on any atom is 0.410 e. The largest absolute Gasteiger partial charge is 0.444 e. The highest BCUT2D eigenvalue weighted by Crippen LogP contribution is 2.18. The van der Waals surface area contributed by atoms with Crippen molar-refractivity contribution in [2.45, 2.75) is 32.8 Å². The molecule has 2 heterocycles. The summed E-state index contributed by atoms with van der Waals surface area (Å²) in [5.74, 6) is -0.0186. The Kier molecular flexibility index (Phi) is 6.49. The molecule has 3 aromatic rings. The summed E-state index contributed by atoms with van der Waals surface area (Å²) < 4.78 is 5.47. The summed E-state index contributed by atoms with van der Waals surface area (Å²) in [6, 6.07) is 15.6. The fourth-order valence-electron chi connectivity index (χ4n) is 3.84. The molecule has 0 bridgehead atoms. The molecule has 1 aliphatic heterocycles. The second kappa shape index (κ2) is 9.48. The van der Waals surface area contributed by atoms with Gasteiger partial charge in [-0.25, -0.2) is 4.79 Å². The van der Waals surface area contributed by atoms with E-state index in [-0.39, 0.29) is 12.0 Å². The van der Waals surface area contributed by atoms with E-state index in [2.05, 4.69) is 10.2 Å². The zero-order chi connectivity index (χ0) is 23.4. The molecule has 1 fully saturated rings. The third-order valence-electron chi connectivity index (χ3n) is 5.53. The summed E-state index contributed by atoms with van der Waals surface area (Å²) >= 11 is 0. The number of fused-ring (bicyclic) bond motifs is 1. The molecule has 1 aromatic heterocycles. The Morgan fingerprint density at radius 2 is 1.64 bits per heavy atom. The van der Waals surface area contributed by atoms with Crippen molar-refractivity contribution in [2.24, 2.45) is 0 Å². The minimum absolute atomic E-state index is 0.0186. The van der Waals surface area contributed by atoms with E-state index in [0.29, 0.717) is 31.7 Å². The lowest BCUT2D eigenvalue weighted by molar-refractivity contribution is 0.0255. The number of aromatic amines is 1. The number of nitrogens with zero attached hydrogens (tertiary/aromatic N) is 3. The average molecular weight is 447 g/mol. The van der Waals surface area contributed by atoms with Crippen LogP contribution in [-0.4, -0.2) is 63.8 Å². The molecule has 0 atom stereocenters. The van der Waals surface area contributed by atoms with Crippen LogP contribution in [-0.2, 0) is 4.74 Å². The highest BCUT2D eigenvalue weighted by Gasteiger charge is 2.26. The van der Waals surface area contributed by atoms with Crippen molar-refractivity contribution < 1.29 is 14.3 Å². The van der Waals surface area contributed by atoms with Gasteiger partial charge in [0.05, 0.1) is 11.2 Å². The van der Waals surface area contributed by atoms with Crippen LogP contribution < -0.4 is 0 Å². The summed E-state index contributed by atoms with van der Waals surface area (Å²) in [4.78, 5) is 28.9. The van der Waals surface area contributed by atoms with Crippen LogP contribution in [0.25, 0.3) is 23.1 Å². The maximum atomic E-state index is 13.0. The van der Waals surface area contributed by atoms with Gasteiger partial charge in [-0.05, 0) is 57.0 Å². The zero-order valence-corrected chi connectivity index (χ0v) is 19.4. The standard InChI is InChI=1S/C26H30N4O3/c1-26(2,3)33-25(32)30-16-6-15-29(17-18-30)24(31)20-12-9-19(10-13-20)11-14-23-21-7-4-5-8-22(21)27-28-23/h4-5,7-14H,6,15-18H2,1-3H3,(H,27,28). The Morgan fingerprint density at radius 3 is 2.39 bits per heavy atom. The van der Waals surface area contributed by atoms with Crippen LogP contribution in [0.3, 0.4) is 0 Å². The molecule has 0 unspecified atom stereocenters. The number of carbonyl (C=O) groups excluding carboxylic acids is 2. The number of nitrogens with one attached hydrogen (secondary N) is 1. The molecule has 2 amide bonds. The third kappa shape index (κ3) is 5.61. The van der Waals surface area contributed by atoms with Crippen molar-refractivity contribution in [2.75, 3.05) is 26.2 Å². The lowest BCUT2D eigenvalue weighted by Crippen LogP contribution is -2.40. The first-order valence-electron chi connectivity index (χ1n) is 11.3. The van der Waals surface area contributed by atoms with Crippen LogP contribution in [0.5, 0.6) is 0 Å². The van der Waals surface area contributed by atoms with Gasteiger partial charge in [0.25, 0.3) is 5.91 Å². The van der Waals surface area contributed by atoms with Gasteiger partial charge in [-0.15, -0.1) is 0 Å². The number of hydrogen-bond donors (Lipinski definition) is 1. The minimum Gasteiger partial charge on any atom is -0.444 e. The van der Waals surface area contributed by atoms with E-state index in [1.54, 1.807) is 4.90 Å². The second-order valence-corrected chi connectivity index (χ2v) is 9.22. The molecule has 0 spiro atoms. The molecule has 7 nitrogen and oxygen atoms in total. The molecular formula is C26H30N4O3. The average Bonchev–Trinajstić information content (AvgIpc) is 3.03. The number of ether oxygens (including phenoxy) is 1. The van der Waals surface area contributed by atoms with E-state index in [4.69, 9.17) is 4.74 Å². The third-order valence-corrected chi connectivity index (χ3v) is 5.53. The number of benzene rings is 2. The fourth-order valence-corrected chi connectivity index (χ4v) is 3.84. The molecule has 1 aliphatic rings. The van der Waals surface area contributed by atoms with Crippen molar-refractivity contribution in [3.63, 3.8) is 0 Å². The smallest absolute Gasteiger partial charge is 0.410 e. The van der Waals surface area contributed by atoms with Crippen LogP contribution in [0.2, 0.25) is 0 Å². The Morgan fingerprint density at radius 1 is 0.939 bits per heavy atom. The van der Waals surface area contributed by atoms with Crippen molar-refractivity contribution >= 4 is 35.1 Å². The van der Waals surface area contributed by atoms with Gasteiger partial charge in [-0.2, -0.15) is 5.10 Å². The molecule has 0 radical (unpaired) electrons. The van der Waals surface area contributed by atoms with E-state index in [9.17, 15) is 9.59 Å². The summed E-state index contributed by atoms with van der Waals surface area (Å²) in [6.45, 7) is 7.73. The number of H-pyrrole nitrogens is 1. The molecule has 0 aliphatic carbocycles. The van der Waals surface area contributed by atoms with Crippen molar-refractivity contribution in [1.29, 1.82) is 0 Å². The summed E-state index contributed by atoms with van der Waals surface area (Å²) in [6.07, 6.45) is 4.36. The second-order valence-electron chi connectivity index (χ2n) is 9.22. The number of aromatic nitrogens is 2. The van der Waals surface area contributed by atoms with Gasteiger partial charge in [0.15, 0.2) is 0 Å². The van der Waals surface area contributed by atoms with E-state index in [1.807, 2.05) is 86.4 Å². The first-order valence-corrected chi connectivity index (χ1v) is 11.3. The molecule has 1 N–H and O–H groups in total. The molecule has 2 aromatic carbocycles. The predicted molar refractivity (Wildman–Crippen MR) is 130 cm³/mol. The van der Waals surface area contributed by atoms with Gasteiger partial charge in [-0.1, -0.05) is 36.4 Å².